The summed E-state index contributed by atoms with van der Waals surface area (Å²) in [5.74, 6) is -0.637. The van der Waals surface area contributed by atoms with Crippen molar-refractivity contribution in [3.63, 3.8) is 0 Å². The summed E-state index contributed by atoms with van der Waals surface area (Å²) >= 11 is 0. The van der Waals surface area contributed by atoms with Crippen LogP contribution in [-0.2, 0) is 6.18 Å². The van der Waals surface area contributed by atoms with E-state index in [1.807, 2.05) is 6.92 Å². The van der Waals surface area contributed by atoms with Gasteiger partial charge in [0, 0.05) is 30.7 Å². The van der Waals surface area contributed by atoms with Crippen LogP contribution in [0.2, 0.25) is 0 Å². The van der Waals surface area contributed by atoms with Crippen molar-refractivity contribution in [3.8, 4) is 17.3 Å². The van der Waals surface area contributed by atoms with Crippen molar-refractivity contribution in [1.82, 2.24) is 19.9 Å². The van der Waals surface area contributed by atoms with Crippen LogP contribution < -0.4 is 4.74 Å². The van der Waals surface area contributed by atoms with Crippen molar-refractivity contribution in [3.05, 3.63) is 71.9 Å². The summed E-state index contributed by atoms with van der Waals surface area (Å²) in [6.07, 6.45) is 0.101. The summed E-state index contributed by atoms with van der Waals surface area (Å²) in [6.45, 7) is 1.94. The number of nitrogens with zero attached hydrogens (tertiary/aromatic N) is 4. The molecular formula is C24H20F4N4O2. The third-order valence-corrected chi connectivity index (χ3v) is 6.59. The average Bonchev–Trinajstić information content (AvgIpc) is 3.36. The number of carbonyl (C=O) groups is 1. The van der Waals surface area contributed by atoms with Crippen LogP contribution in [0.3, 0.4) is 0 Å². The van der Waals surface area contributed by atoms with Crippen LogP contribution in [0.4, 0.5) is 17.6 Å². The lowest BCUT2D eigenvalue weighted by Gasteiger charge is -2.38. The van der Waals surface area contributed by atoms with Gasteiger partial charge in [0.1, 0.15) is 11.9 Å². The zero-order valence-corrected chi connectivity index (χ0v) is 18.0. The maximum atomic E-state index is 14.8. The molecule has 1 aliphatic carbocycles. The van der Waals surface area contributed by atoms with E-state index in [4.69, 9.17) is 4.74 Å². The standard InChI is InChI=1S/C24H20F4N4O2/c1-13-14-10-18(19(11-14)34-20-7-6-15(12-31-20)24(26,27)28)32(13)23(33)16-4-2-5-17(25)21(16)22-29-8-3-9-30-22/h2-9,12-14,18-19H,10-11H2,1H3/t13?,14?,18-,19+/m0/s1. The third-order valence-electron chi connectivity index (χ3n) is 6.59. The molecular weight excluding hydrogens is 452 g/mol. The second kappa shape index (κ2) is 8.34. The number of carbonyl (C=O) groups excluding carboxylic acids is 1. The zero-order valence-electron chi connectivity index (χ0n) is 18.0. The van der Waals surface area contributed by atoms with Crippen LogP contribution >= 0.6 is 0 Å². The Morgan fingerprint density at radius 1 is 1.06 bits per heavy atom. The molecule has 3 aromatic rings. The van der Waals surface area contributed by atoms with Crippen LogP contribution in [0.25, 0.3) is 11.4 Å². The average molecular weight is 472 g/mol. The SMILES string of the molecule is CC1C2C[C@@H](Oc3ccc(C(F)(F)F)cn3)[C@H](C2)N1C(=O)c1cccc(F)c1-c1ncccn1. The molecule has 3 heterocycles. The molecule has 1 saturated carbocycles. The van der Waals surface area contributed by atoms with E-state index in [1.165, 1.54) is 30.6 Å². The second-order valence-electron chi connectivity index (χ2n) is 8.53. The summed E-state index contributed by atoms with van der Waals surface area (Å²) in [5.41, 5.74) is -0.679. The number of hydrogen-bond donors (Lipinski definition) is 0. The molecule has 4 atom stereocenters. The van der Waals surface area contributed by atoms with Gasteiger partial charge < -0.3 is 9.64 Å². The summed E-state index contributed by atoms with van der Waals surface area (Å²) < 4.78 is 59.1. The van der Waals surface area contributed by atoms with Crippen LogP contribution in [0.15, 0.2) is 55.0 Å². The van der Waals surface area contributed by atoms with Gasteiger partial charge in [-0.3, -0.25) is 4.79 Å². The molecule has 2 aliphatic rings. The Kier molecular flexibility index (Phi) is 5.45. The van der Waals surface area contributed by atoms with E-state index in [2.05, 4.69) is 15.0 Å². The molecule has 1 aromatic carbocycles. The smallest absolute Gasteiger partial charge is 0.417 e. The lowest BCUT2D eigenvalue weighted by molar-refractivity contribution is -0.137. The summed E-state index contributed by atoms with van der Waals surface area (Å²) in [6, 6.07) is 7.54. The highest BCUT2D eigenvalue weighted by Gasteiger charge is 2.53. The normalized spacial score (nSPS) is 23.9. The van der Waals surface area contributed by atoms with Gasteiger partial charge in [-0.1, -0.05) is 6.07 Å². The Hall–Kier alpha value is -3.56. The fourth-order valence-electron chi connectivity index (χ4n) is 4.96. The predicted octanol–water partition coefficient (Wildman–Crippen LogP) is 4.77. The van der Waals surface area contributed by atoms with Gasteiger partial charge in [0.15, 0.2) is 5.82 Å². The largest absolute Gasteiger partial charge is 0.472 e. The monoisotopic (exact) mass is 472 g/mol. The van der Waals surface area contributed by atoms with E-state index in [0.29, 0.717) is 12.8 Å². The molecule has 0 spiro atoms. The van der Waals surface area contributed by atoms with E-state index in [-0.39, 0.29) is 46.7 Å². The van der Waals surface area contributed by atoms with Crippen molar-refractivity contribution in [2.45, 2.75) is 44.1 Å². The number of amides is 1. The number of hydrogen-bond acceptors (Lipinski definition) is 5. The van der Waals surface area contributed by atoms with Crippen molar-refractivity contribution >= 4 is 5.91 Å². The number of ether oxygens (including phenoxy) is 1. The first kappa shape index (κ1) is 22.2. The molecule has 0 radical (unpaired) electrons. The number of alkyl halides is 3. The fourth-order valence-corrected chi connectivity index (χ4v) is 4.96. The Labute approximate surface area is 192 Å². The molecule has 176 valence electrons. The molecule has 1 saturated heterocycles. The lowest BCUT2D eigenvalue weighted by Crippen LogP contribution is -2.51. The molecule has 2 fully saturated rings. The molecule has 2 aromatic heterocycles. The molecule has 1 aliphatic heterocycles. The molecule has 2 unspecified atom stereocenters. The zero-order chi connectivity index (χ0) is 24.0. The van der Waals surface area contributed by atoms with Crippen LogP contribution in [0.5, 0.6) is 5.88 Å². The minimum absolute atomic E-state index is 0.0324. The van der Waals surface area contributed by atoms with Crippen LogP contribution in [0.1, 0.15) is 35.7 Å². The molecule has 2 bridgehead atoms. The number of rotatable bonds is 4. The lowest BCUT2D eigenvalue weighted by atomic mass is 9.97. The quantitative estimate of drug-likeness (QED) is 0.512. The van der Waals surface area contributed by atoms with Gasteiger partial charge in [0.05, 0.1) is 22.7 Å². The molecule has 6 nitrogen and oxygen atoms in total. The number of likely N-dealkylation sites (tertiary alicyclic amines) is 1. The maximum absolute atomic E-state index is 14.8. The van der Waals surface area contributed by atoms with Gasteiger partial charge in [-0.25, -0.2) is 19.3 Å². The van der Waals surface area contributed by atoms with E-state index < -0.39 is 23.7 Å². The van der Waals surface area contributed by atoms with Crippen molar-refractivity contribution in [2.75, 3.05) is 0 Å². The van der Waals surface area contributed by atoms with Crippen molar-refractivity contribution in [1.29, 1.82) is 0 Å². The highest BCUT2D eigenvalue weighted by molar-refractivity contribution is 6.00. The first-order chi connectivity index (χ1) is 16.2. The molecule has 10 heteroatoms. The van der Waals surface area contributed by atoms with Gasteiger partial charge in [0.2, 0.25) is 5.88 Å². The number of aromatic nitrogens is 3. The highest BCUT2D eigenvalue weighted by atomic mass is 19.4. The van der Waals surface area contributed by atoms with Gasteiger partial charge in [0.25, 0.3) is 5.91 Å². The van der Waals surface area contributed by atoms with Crippen LogP contribution in [0, 0.1) is 11.7 Å². The van der Waals surface area contributed by atoms with Crippen LogP contribution in [-0.4, -0.2) is 43.9 Å². The van der Waals surface area contributed by atoms with E-state index >= 15 is 0 Å². The van der Waals surface area contributed by atoms with Crippen molar-refractivity contribution in [2.24, 2.45) is 5.92 Å². The molecule has 34 heavy (non-hydrogen) atoms. The minimum atomic E-state index is -4.48. The van der Waals surface area contributed by atoms with E-state index in [0.717, 1.165) is 12.3 Å². The van der Waals surface area contributed by atoms with Crippen molar-refractivity contribution < 1.29 is 27.1 Å². The number of pyridine rings is 1. The van der Waals surface area contributed by atoms with E-state index in [9.17, 15) is 22.4 Å². The maximum Gasteiger partial charge on any atom is 0.417 e. The Morgan fingerprint density at radius 3 is 2.47 bits per heavy atom. The molecule has 0 N–H and O–H groups in total. The second-order valence-corrected chi connectivity index (χ2v) is 8.53. The fraction of sp³-hybridized carbons (Fsp3) is 0.333. The first-order valence-corrected chi connectivity index (χ1v) is 10.8. The van der Waals surface area contributed by atoms with Gasteiger partial charge >= 0.3 is 6.18 Å². The Morgan fingerprint density at radius 2 is 1.82 bits per heavy atom. The number of benzene rings is 1. The molecule has 5 rings (SSSR count). The predicted molar refractivity (Wildman–Crippen MR) is 113 cm³/mol. The Bertz CT molecular complexity index is 1200. The Balaban J connectivity index is 1.41. The summed E-state index contributed by atoms with van der Waals surface area (Å²) in [5, 5.41) is 0. The number of fused-ring (bicyclic) bond motifs is 2. The minimum Gasteiger partial charge on any atom is -0.472 e. The number of piperidine rings is 1. The number of halogens is 4. The van der Waals surface area contributed by atoms with Gasteiger partial charge in [-0.05, 0) is 49.9 Å². The first-order valence-electron chi connectivity index (χ1n) is 10.8. The third kappa shape index (κ3) is 3.86. The summed E-state index contributed by atoms with van der Waals surface area (Å²) in [7, 11) is 0. The van der Waals surface area contributed by atoms with E-state index in [1.54, 1.807) is 17.0 Å². The van der Waals surface area contributed by atoms with Gasteiger partial charge in [-0.15, -0.1) is 0 Å². The highest BCUT2D eigenvalue weighted by Crippen LogP contribution is 2.45. The van der Waals surface area contributed by atoms with Gasteiger partial charge in [-0.2, -0.15) is 13.2 Å². The topological polar surface area (TPSA) is 68.2 Å². The summed E-state index contributed by atoms with van der Waals surface area (Å²) in [4.78, 5) is 27.3. The molecule has 1 amide bonds.